The van der Waals surface area contributed by atoms with Gasteiger partial charge in [-0.1, -0.05) is 77.0 Å². The lowest BCUT2D eigenvalue weighted by molar-refractivity contribution is 0.346. The maximum absolute atomic E-state index is 5.74. The first-order valence-corrected chi connectivity index (χ1v) is 16.4. The molecule has 0 amide bonds. The topological polar surface area (TPSA) is 113 Å². The molecule has 0 unspecified atom stereocenters. The third-order valence-electron chi connectivity index (χ3n) is 7.40. The first kappa shape index (κ1) is 37.2. The fourth-order valence-electron chi connectivity index (χ4n) is 5.00. The molecule has 0 spiro atoms. The molecule has 1 aromatic carbocycles. The van der Waals surface area contributed by atoms with Crippen LogP contribution in [0.5, 0.6) is 5.75 Å². The number of benzene rings is 1. The Morgan fingerprint density at radius 3 is 2.67 bits per heavy atom. The van der Waals surface area contributed by atoms with Gasteiger partial charge in [0.25, 0.3) is 0 Å². The number of aromatic nitrogens is 2. The molecular weight excluding hydrogens is 598 g/mol. The number of imidazole rings is 1. The SMILES string of the molecule is C=C(C)/C=C(\C=C/C[C@H](CC)NC(=C)C1=NCc2nc(C)cn2C(C(=C)NCc2ccc3c(c2)NC(=C)CO3)=C1)C(/C)=N/N=NC.CC. The number of aliphatic imine (C=N–C) groups is 1. The number of hydrogen-bond donors (Lipinski definition) is 3. The zero-order valence-corrected chi connectivity index (χ0v) is 29.7. The second-order valence-corrected chi connectivity index (χ2v) is 11.4. The second-order valence-electron chi connectivity index (χ2n) is 11.4. The molecule has 2 aromatic rings. The van der Waals surface area contributed by atoms with Crippen molar-refractivity contribution in [1.82, 2.24) is 20.2 Å². The van der Waals surface area contributed by atoms with Crippen molar-refractivity contribution in [2.75, 3.05) is 19.0 Å². The van der Waals surface area contributed by atoms with Crippen LogP contribution in [0.2, 0.25) is 0 Å². The van der Waals surface area contributed by atoms with E-state index in [1.165, 1.54) is 0 Å². The lowest BCUT2D eigenvalue weighted by atomic mass is 10.1. The fourth-order valence-corrected chi connectivity index (χ4v) is 5.00. The third kappa shape index (κ3) is 10.4. The minimum Gasteiger partial charge on any atom is -0.485 e. The van der Waals surface area contributed by atoms with E-state index in [2.05, 4.69) is 81.3 Å². The van der Waals surface area contributed by atoms with Crippen LogP contribution in [0.1, 0.15) is 64.5 Å². The summed E-state index contributed by atoms with van der Waals surface area (Å²) in [6.07, 6.45) is 11.9. The molecule has 0 fully saturated rings. The van der Waals surface area contributed by atoms with Crippen molar-refractivity contribution >= 4 is 22.8 Å². The summed E-state index contributed by atoms with van der Waals surface area (Å²) in [7, 11) is 1.60. The summed E-state index contributed by atoms with van der Waals surface area (Å²) < 4.78 is 7.79. The highest BCUT2D eigenvalue weighted by Gasteiger charge is 2.19. The number of anilines is 1. The summed E-state index contributed by atoms with van der Waals surface area (Å²) in [5, 5.41) is 22.0. The Hall–Kier alpha value is -5.25. The molecule has 2 aliphatic heterocycles. The van der Waals surface area contributed by atoms with Crippen LogP contribution >= 0.6 is 0 Å². The van der Waals surface area contributed by atoms with Gasteiger partial charge in [0.05, 0.1) is 53.5 Å². The predicted molar refractivity (Wildman–Crippen MR) is 201 cm³/mol. The van der Waals surface area contributed by atoms with Crippen LogP contribution in [0, 0.1) is 6.92 Å². The molecule has 0 aliphatic carbocycles. The highest BCUT2D eigenvalue weighted by molar-refractivity contribution is 6.11. The average Bonchev–Trinajstić information content (AvgIpc) is 3.35. The van der Waals surface area contributed by atoms with Crippen molar-refractivity contribution in [2.45, 2.75) is 73.5 Å². The van der Waals surface area contributed by atoms with Crippen molar-refractivity contribution in [2.24, 2.45) is 20.4 Å². The number of rotatable bonds is 14. The molecule has 2 aliphatic rings. The molecule has 0 saturated heterocycles. The van der Waals surface area contributed by atoms with Crippen LogP contribution in [0.15, 0.2) is 124 Å². The van der Waals surface area contributed by atoms with Gasteiger partial charge in [-0.15, -0.1) is 5.10 Å². The average molecular weight is 650 g/mol. The van der Waals surface area contributed by atoms with E-state index in [9.17, 15) is 0 Å². The van der Waals surface area contributed by atoms with Gasteiger partial charge in [-0.05, 0) is 68.2 Å². The van der Waals surface area contributed by atoms with Crippen molar-refractivity contribution in [3.05, 3.63) is 120 Å². The van der Waals surface area contributed by atoms with Gasteiger partial charge in [0.2, 0.25) is 0 Å². The summed E-state index contributed by atoms with van der Waals surface area (Å²) in [4.78, 5) is 9.61. The molecule has 3 N–H and O–H groups in total. The Balaban J connectivity index is 0.00000307. The van der Waals surface area contributed by atoms with Crippen molar-refractivity contribution in [3.8, 4) is 5.75 Å². The van der Waals surface area contributed by atoms with E-state index < -0.39 is 0 Å². The molecule has 0 bridgehead atoms. The number of nitrogens with one attached hydrogen (secondary N) is 3. The van der Waals surface area contributed by atoms with Crippen LogP contribution in [-0.2, 0) is 13.1 Å². The molecule has 10 nitrogen and oxygen atoms in total. The standard InChI is InChI=1S/C36H45N9O.C2H6/c1-10-31(13-11-12-30(16-23(2)3)26(6)43-44-37-9)42-27(7)32-18-34(45-21-24(4)41-36(45)20-39-32)28(8)38-19-29-14-15-35-33(17-29)40-25(5)22-46-35;1-2/h11-12,14-18,21,31,38,40,42H,2,5,7-8,10,13,19-20,22H2,1,3-4,6,9H3;1-2H3/b12-11-,30-16+,43-26+,44-37?;/t31-;/m0./s1. The molecule has 1 atom stereocenters. The number of fused-ring (bicyclic) bond motifs is 2. The van der Waals surface area contributed by atoms with Crippen molar-refractivity contribution in [3.63, 3.8) is 0 Å². The Labute approximate surface area is 286 Å². The number of allylic oxidation sites excluding steroid dienone is 6. The summed E-state index contributed by atoms with van der Waals surface area (Å²) in [6.45, 7) is 30.2. The number of aryl methyl sites for hydroxylation is 1. The normalized spacial score (nSPS) is 15.1. The van der Waals surface area contributed by atoms with Crippen LogP contribution < -0.4 is 20.7 Å². The summed E-state index contributed by atoms with van der Waals surface area (Å²) >= 11 is 0. The molecule has 48 heavy (non-hydrogen) atoms. The summed E-state index contributed by atoms with van der Waals surface area (Å²) in [5.74, 6) is 1.66. The zero-order chi connectivity index (χ0) is 35.2. The quantitative estimate of drug-likeness (QED) is 0.0823. The molecular formula is C38H51N9O. The minimum atomic E-state index is 0.142. The number of nitrogens with zero attached hydrogens (tertiary/aromatic N) is 6. The van der Waals surface area contributed by atoms with Gasteiger partial charge in [-0.2, -0.15) is 5.11 Å². The summed E-state index contributed by atoms with van der Waals surface area (Å²) in [6, 6.07) is 6.22. The Kier molecular flexibility index (Phi) is 14.1. The van der Waals surface area contributed by atoms with Gasteiger partial charge in [0, 0.05) is 24.5 Å². The predicted octanol–water partition coefficient (Wildman–Crippen LogP) is 8.42. The highest BCUT2D eigenvalue weighted by Crippen LogP contribution is 2.31. The van der Waals surface area contributed by atoms with E-state index in [1.807, 2.05) is 71.2 Å². The molecule has 254 valence electrons. The lowest BCUT2D eigenvalue weighted by Gasteiger charge is -2.22. The fraction of sp³-hybridized carbons (Fsp3) is 0.342. The largest absolute Gasteiger partial charge is 0.485 e. The van der Waals surface area contributed by atoms with Gasteiger partial charge < -0.3 is 20.7 Å². The molecule has 0 saturated carbocycles. The van der Waals surface area contributed by atoms with Gasteiger partial charge >= 0.3 is 0 Å². The Bertz CT molecular complexity index is 1700. The first-order valence-electron chi connectivity index (χ1n) is 16.4. The van der Waals surface area contributed by atoms with E-state index in [4.69, 9.17) is 14.7 Å². The third-order valence-corrected chi connectivity index (χ3v) is 7.40. The van der Waals surface area contributed by atoms with E-state index in [0.717, 1.165) is 86.7 Å². The van der Waals surface area contributed by atoms with Crippen LogP contribution in [0.4, 0.5) is 5.69 Å². The summed E-state index contributed by atoms with van der Waals surface area (Å²) in [5.41, 5.74) is 9.50. The van der Waals surface area contributed by atoms with Gasteiger partial charge in [-0.3, -0.25) is 9.56 Å². The van der Waals surface area contributed by atoms with Crippen LogP contribution in [0.3, 0.4) is 0 Å². The lowest BCUT2D eigenvalue weighted by Crippen LogP contribution is -2.30. The van der Waals surface area contributed by atoms with E-state index in [0.29, 0.717) is 19.7 Å². The maximum atomic E-state index is 5.74. The van der Waals surface area contributed by atoms with E-state index in [-0.39, 0.29) is 6.04 Å². The molecule has 10 heteroatoms. The monoisotopic (exact) mass is 649 g/mol. The van der Waals surface area contributed by atoms with Gasteiger partial charge in [-0.25, -0.2) is 4.98 Å². The van der Waals surface area contributed by atoms with Crippen LogP contribution in [0.25, 0.3) is 5.70 Å². The zero-order valence-electron chi connectivity index (χ0n) is 29.7. The number of hydrogen-bond acceptors (Lipinski definition) is 8. The smallest absolute Gasteiger partial charge is 0.143 e. The van der Waals surface area contributed by atoms with E-state index in [1.54, 1.807) is 7.05 Å². The molecule has 3 heterocycles. The molecule has 4 rings (SSSR count). The highest BCUT2D eigenvalue weighted by atomic mass is 16.5. The van der Waals surface area contributed by atoms with Gasteiger partial charge in [0.1, 0.15) is 18.2 Å². The maximum Gasteiger partial charge on any atom is 0.143 e. The first-order chi connectivity index (χ1) is 23.1. The second kappa shape index (κ2) is 18.2. The van der Waals surface area contributed by atoms with Crippen LogP contribution in [-0.4, -0.2) is 40.7 Å². The van der Waals surface area contributed by atoms with E-state index >= 15 is 0 Å². The van der Waals surface area contributed by atoms with Crippen molar-refractivity contribution < 1.29 is 4.74 Å². The van der Waals surface area contributed by atoms with Gasteiger partial charge in [0.15, 0.2) is 0 Å². The minimum absolute atomic E-state index is 0.142. The Morgan fingerprint density at radius 1 is 1.19 bits per heavy atom. The number of ether oxygens (including phenoxy) is 1. The molecule has 0 radical (unpaired) electrons. The van der Waals surface area contributed by atoms with Crippen molar-refractivity contribution in [1.29, 1.82) is 0 Å². The Morgan fingerprint density at radius 2 is 1.96 bits per heavy atom. The molecule has 1 aromatic heterocycles.